The quantitative estimate of drug-likeness (QED) is 0.410. The lowest BCUT2D eigenvalue weighted by Gasteiger charge is -2.31. The Balaban J connectivity index is 1.87. The van der Waals surface area contributed by atoms with Gasteiger partial charge in [-0.15, -0.1) is 0 Å². The van der Waals surface area contributed by atoms with Gasteiger partial charge < -0.3 is 14.7 Å². The monoisotopic (exact) mass is 501 g/mol. The summed E-state index contributed by atoms with van der Waals surface area (Å²) in [5.41, 5.74) is 2.22. The SMILES string of the molecule is CCCCC1=NOC(C(=O)O)(C(OCc2ccc(C(C)(C)C)cc2)c2ccc(Br)cc2)C1. The number of hydrogen-bond acceptors (Lipinski definition) is 4. The first-order chi connectivity index (χ1) is 15.2. The van der Waals surface area contributed by atoms with Gasteiger partial charge in [0.25, 0.3) is 5.60 Å². The molecule has 2 aromatic rings. The predicted octanol–water partition coefficient (Wildman–Crippen LogP) is 6.79. The van der Waals surface area contributed by atoms with E-state index in [1.807, 2.05) is 36.4 Å². The van der Waals surface area contributed by atoms with Gasteiger partial charge in [-0.05, 0) is 47.1 Å². The number of hydrogen-bond donors (Lipinski definition) is 1. The molecule has 0 fully saturated rings. The van der Waals surface area contributed by atoms with E-state index in [-0.39, 0.29) is 18.4 Å². The Morgan fingerprint density at radius 1 is 1.19 bits per heavy atom. The lowest BCUT2D eigenvalue weighted by atomic mass is 9.85. The van der Waals surface area contributed by atoms with Gasteiger partial charge >= 0.3 is 5.97 Å². The van der Waals surface area contributed by atoms with Crippen LogP contribution in [0.4, 0.5) is 0 Å². The highest BCUT2D eigenvalue weighted by molar-refractivity contribution is 9.10. The van der Waals surface area contributed by atoms with E-state index in [1.54, 1.807) is 0 Å². The molecular weight excluding hydrogens is 470 g/mol. The molecule has 1 aliphatic rings. The molecule has 2 atom stereocenters. The number of rotatable bonds is 9. The van der Waals surface area contributed by atoms with E-state index in [9.17, 15) is 9.90 Å². The van der Waals surface area contributed by atoms with Gasteiger partial charge in [0, 0.05) is 10.9 Å². The molecule has 3 rings (SSSR count). The Morgan fingerprint density at radius 2 is 1.84 bits per heavy atom. The van der Waals surface area contributed by atoms with E-state index in [4.69, 9.17) is 9.57 Å². The molecule has 2 unspecified atom stereocenters. The number of unbranched alkanes of at least 4 members (excludes halogenated alkanes) is 1. The van der Waals surface area contributed by atoms with Crippen molar-refractivity contribution in [3.8, 4) is 0 Å². The number of nitrogens with zero attached hydrogens (tertiary/aromatic N) is 1. The standard InChI is InChI=1S/C26H32BrNO4/c1-5-6-7-22-16-26(24(29)30,32-28-22)23(19-10-14-21(27)15-11-19)31-17-18-8-12-20(13-9-18)25(2,3)4/h8-15,23H,5-7,16-17H2,1-4H3,(H,29,30). The fraction of sp³-hybridized carbons (Fsp3) is 0.462. The molecule has 1 N–H and O–H groups in total. The van der Waals surface area contributed by atoms with Gasteiger partial charge in [-0.25, -0.2) is 4.79 Å². The Morgan fingerprint density at radius 3 is 2.41 bits per heavy atom. The molecular formula is C26H32BrNO4. The first-order valence-electron chi connectivity index (χ1n) is 11.1. The van der Waals surface area contributed by atoms with Gasteiger partial charge in [0.1, 0.15) is 6.10 Å². The van der Waals surface area contributed by atoms with Crippen LogP contribution in [0.5, 0.6) is 0 Å². The van der Waals surface area contributed by atoms with E-state index in [1.165, 1.54) is 5.56 Å². The first kappa shape index (κ1) is 24.5. The highest BCUT2D eigenvalue weighted by atomic mass is 79.9. The van der Waals surface area contributed by atoms with Crippen molar-refractivity contribution >= 4 is 27.6 Å². The van der Waals surface area contributed by atoms with Crippen molar-refractivity contribution in [3.05, 3.63) is 69.7 Å². The number of aliphatic carboxylic acids is 1. The lowest BCUT2D eigenvalue weighted by Crippen LogP contribution is -2.46. The van der Waals surface area contributed by atoms with Crippen molar-refractivity contribution in [2.24, 2.45) is 5.16 Å². The summed E-state index contributed by atoms with van der Waals surface area (Å²) < 4.78 is 7.20. The second-order valence-corrected chi connectivity index (χ2v) is 10.3. The molecule has 0 saturated carbocycles. The maximum absolute atomic E-state index is 12.5. The van der Waals surface area contributed by atoms with Crippen molar-refractivity contribution in [3.63, 3.8) is 0 Å². The van der Waals surface area contributed by atoms with Crippen LogP contribution in [0.2, 0.25) is 0 Å². The molecule has 0 aromatic heterocycles. The third-order valence-corrected chi connectivity index (χ3v) is 6.35. The molecule has 0 bridgehead atoms. The van der Waals surface area contributed by atoms with Gasteiger partial charge in [-0.2, -0.15) is 0 Å². The number of carbonyl (C=O) groups is 1. The van der Waals surface area contributed by atoms with E-state index in [0.717, 1.165) is 40.6 Å². The minimum Gasteiger partial charge on any atom is -0.478 e. The van der Waals surface area contributed by atoms with Gasteiger partial charge in [0.15, 0.2) is 0 Å². The topological polar surface area (TPSA) is 68.1 Å². The number of carboxylic acid groups (broad SMARTS) is 1. The molecule has 0 spiro atoms. The molecule has 172 valence electrons. The number of ether oxygens (including phenoxy) is 1. The molecule has 0 saturated heterocycles. The molecule has 0 radical (unpaired) electrons. The smallest absolute Gasteiger partial charge is 0.354 e. The Kier molecular flexibility index (Phi) is 7.78. The average molecular weight is 502 g/mol. The molecule has 0 amide bonds. The second-order valence-electron chi connectivity index (χ2n) is 9.41. The van der Waals surface area contributed by atoms with Crippen LogP contribution in [-0.4, -0.2) is 22.4 Å². The first-order valence-corrected chi connectivity index (χ1v) is 11.9. The van der Waals surface area contributed by atoms with Crippen LogP contribution in [0.3, 0.4) is 0 Å². The Hall–Kier alpha value is -2.18. The van der Waals surface area contributed by atoms with E-state index in [0.29, 0.717) is 0 Å². The number of benzene rings is 2. The second kappa shape index (κ2) is 10.2. The number of carboxylic acids is 1. The Bertz CT molecular complexity index is 947. The zero-order valence-electron chi connectivity index (χ0n) is 19.2. The van der Waals surface area contributed by atoms with Crippen molar-refractivity contribution in [2.45, 2.75) is 77.1 Å². The van der Waals surface area contributed by atoms with Crippen LogP contribution in [0.15, 0.2) is 58.2 Å². The molecule has 0 aliphatic carbocycles. The minimum atomic E-state index is -1.58. The highest BCUT2D eigenvalue weighted by Crippen LogP contribution is 2.41. The molecule has 1 aliphatic heterocycles. The third kappa shape index (κ3) is 5.59. The average Bonchev–Trinajstić information content (AvgIpc) is 3.19. The molecule has 32 heavy (non-hydrogen) atoms. The molecule has 5 nitrogen and oxygen atoms in total. The normalized spacial score (nSPS) is 19.3. The van der Waals surface area contributed by atoms with Gasteiger partial charge in [-0.1, -0.05) is 91.6 Å². The Labute approximate surface area is 198 Å². The maximum Gasteiger partial charge on any atom is 0.354 e. The summed E-state index contributed by atoms with van der Waals surface area (Å²) in [5, 5.41) is 14.4. The summed E-state index contributed by atoms with van der Waals surface area (Å²) in [6.07, 6.45) is 2.09. The summed E-state index contributed by atoms with van der Waals surface area (Å²) in [6.45, 7) is 8.89. The lowest BCUT2D eigenvalue weighted by molar-refractivity contribution is -0.187. The predicted molar refractivity (Wildman–Crippen MR) is 130 cm³/mol. The van der Waals surface area contributed by atoms with Crippen LogP contribution in [-0.2, 0) is 26.4 Å². The zero-order chi connectivity index (χ0) is 23.4. The maximum atomic E-state index is 12.5. The van der Waals surface area contributed by atoms with Crippen LogP contribution in [0.1, 0.15) is 76.2 Å². The van der Waals surface area contributed by atoms with Crippen LogP contribution >= 0.6 is 15.9 Å². The fourth-order valence-electron chi connectivity index (χ4n) is 3.81. The molecule has 1 heterocycles. The summed E-state index contributed by atoms with van der Waals surface area (Å²) >= 11 is 3.45. The van der Waals surface area contributed by atoms with Crippen LogP contribution < -0.4 is 0 Å². The fourth-order valence-corrected chi connectivity index (χ4v) is 4.08. The molecule has 6 heteroatoms. The van der Waals surface area contributed by atoms with Gasteiger partial charge in [0.2, 0.25) is 0 Å². The minimum absolute atomic E-state index is 0.0661. The van der Waals surface area contributed by atoms with E-state index >= 15 is 0 Å². The largest absolute Gasteiger partial charge is 0.478 e. The van der Waals surface area contributed by atoms with Crippen molar-refractivity contribution < 1.29 is 19.5 Å². The van der Waals surface area contributed by atoms with E-state index < -0.39 is 17.7 Å². The van der Waals surface area contributed by atoms with Crippen LogP contribution in [0.25, 0.3) is 0 Å². The van der Waals surface area contributed by atoms with Crippen molar-refractivity contribution in [1.82, 2.24) is 0 Å². The van der Waals surface area contributed by atoms with Gasteiger partial charge in [-0.3, -0.25) is 0 Å². The third-order valence-electron chi connectivity index (χ3n) is 5.82. The van der Waals surface area contributed by atoms with Gasteiger partial charge in [0.05, 0.1) is 12.3 Å². The number of halogens is 1. The molecule has 2 aromatic carbocycles. The summed E-state index contributed by atoms with van der Waals surface area (Å²) in [6, 6.07) is 15.8. The van der Waals surface area contributed by atoms with Crippen molar-refractivity contribution in [1.29, 1.82) is 0 Å². The summed E-state index contributed by atoms with van der Waals surface area (Å²) in [5.74, 6) is -1.07. The van der Waals surface area contributed by atoms with Crippen LogP contribution in [0, 0.1) is 0 Å². The number of oxime groups is 1. The summed E-state index contributed by atoms with van der Waals surface area (Å²) in [4.78, 5) is 18.2. The summed E-state index contributed by atoms with van der Waals surface area (Å²) in [7, 11) is 0. The zero-order valence-corrected chi connectivity index (χ0v) is 20.8. The highest BCUT2D eigenvalue weighted by Gasteiger charge is 2.54. The van der Waals surface area contributed by atoms with Crippen molar-refractivity contribution in [2.75, 3.05) is 0 Å². The van der Waals surface area contributed by atoms with E-state index in [2.05, 4.69) is 60.9 Å².